The third kappa shape index (κ3) is 3.64. The molecule has 0 saturated carbocycles. The Bertz CT molecular complexity index is 491. The molecule has 2 aliphatic heterocycles. The summed E-state index contributed by atoms with van der Waals surface area (Å²) in [5.41, 5.74) is 1.15. The van der Waals surface area contributed by atoms with Crippen LogP contribution >= 0.6 is 12.4 Å². The smallest absolute Gasteiger partial charge is 0.230 e. The first-order chi connectivity index (χ1) is 10.1. The molecule has 2 heterocycles. The van der Waals surface area contributed by atoms with Gasteiger partial charge in [0.25, 0.3) is 0 Å². The zero-order valence-corrected chi connectivity index (χ0v) is 14.3. The number of fused-ring (bicyclic) bond motifs is 2. The topological polar surface area (TPSA) is 32.3 Å². The molecule has 1 amide bonds. The number of benzene rings is 1. The average Bonchev–Trinajstić information content (AvgIpc) is 2.79. The fourth-order valence-electron chi connectivity index (χ4n) is 3.81. The zero-order valence-electron chi connectivity index (χ0n) is 13.5. The average molecular weight is 323 g/mol. The van der Waals surface area contributed by atoms with Gasteiger partial charge in [-0.3, -0.25) is 4.79 Å². The van der Waals surface area contributed by atoms with Gasteiger partial charge in [-0.2, -0.15) is 0 Å². The summed E-state index contributed by atoms with van der Waals surface area (Å²) in [4.78, 5) is 15.2. The van der Waals surface area contributed by atoms with Crippen molar-refractivity contribution in [1.82, 2.24) is 10.2 Å². The Balaban J connectivity index is 0.00000176. The van der Waals surface area contributed by atoms with Crippen LogP contribution in [-0.4, -0.2) is 36.0 Å². The van der Waals surface area contributed by atoms with Gasteiger partial charge >= 0.3 is 0 Å². The molecule has 0 aliphatic carbocycles. The van der Waals surface area contributed by atoms with Crippen molar-refractivity contribution in [1.29, 1.82) is 0 Å². The van der Waals surface area contributed by atoms with Gasteiger partial charge in [0.1, 0.15) is 0 Å². The molecule has 1 aromatic carbocycles. The summed E-state index contributed by atoms with van der Waals surface area (Å²) in [6, 6.07) is 11.4. The number of hydrogen-bond acceptors (Lipinski definition) is 2. The van der Waals surface area contributed by atoms with Gasteiger partial charge in [0.05, 0.1) is 5.92 Å². The number of likely N-dealkylation sites (tertiary alicyclic amines) is 1. The predicted octanol–water partition coefficient (Wildman–Crippen LogP) is 3.20. The molecular formula is C18H27ClN2O. The van der Waals surface area contributed by atoms with Crippen molar-refractivity contribution in [3.8, 4) is 0 Å². The minimum Gasteiger partial charge on any atom is -0.341 e. The van der Waals surface area contributed by atoms with Crippen molar-refractivity contribution in [3.05, 3.63) is 35.9 Å². The fraction of sp³-hybridized carbons (Fsp3) is 0.611. The molecule has 3 rings (SSSR count). The molecule has 2 bridgehead atoms. The third-order valence-corrected chi connectivity index (χ3v) is 4.93. The number of halogens is 1. The number of amides is 1. The van der Waals surface area contributed by atoms with Crippen LogP contribution in [0.2, 0.25) is 0 Å². The van der Waals surface area contributed by atoms with Gasteiger partial charge in [-0.05, 0) is 30.7 Å². The Morgan fingerprint density at radius 1 is 1.14 bits per heavy atom. The number of nitrogens with zero attached hydrogens (tertiary/aromatic N) is 1. The Labute approximate surface area is 139 Å². The maximum absolute atomic E-state index is 13.1. The first-order valence-corrected chi connectivity index (χ1v) is 8.25. The quantitative estimate of drug-likeness (QED) is 0.927. The van der Waals surface area contributed by atoms with Gasteiger partial charge in [-0.25, -0.2) is 0 Å². The maximum atomic E-state index is 13.1. The number of carbonyl (C=O) groups excluding carboxylic acids is 1. The van der Waals surface area contributed by atoms with Crippen molar-refractivity contribution in [2.24, 2.45) is 5.92 Å². The lowest BCUT2D eigenvalue weighted by molar-refractivity contribution is -0.134. The van der Waals surface area contributed by atoms with E-state index in [1.165, 1.54) is 12.8 Å². The van der Waals surface area contributed by atoms with Crippen LogP contribution in [0.4, 0.5) is 0 Å². The molecular weight excluding hydrogens is 296 g/mol. The van der Waals surface area contributed by atoms with E-state index >= 15 is 0 Å². The Morgan fingerprint density at radius 2 is 1.82 bits per heavy atom. The molecule has 0 radical (unpaired) electrons. The lowest BCUT2D eigenvalue weighted by Gasteiger charge is -2.30. The number of carbonyl (C=O) groups is 1. The number of nitrogens with one attached hydrogen (secondary N) is 1. The summed E-state index contributed by atoms with van der Waals surface area (Å²) < 4.78 is 0. The highest BCUT2D eigenvalue weighted by Gasteiger charge is 2.34. The van der Waals surface area contributed by atoms with E-state index in [1.807, 2.05) is 18.2 Å². The molecule has 0 aromatic heterocycles. The molecule has 1 N–H and O–H groups in total. The van der Waals surface area contributed by atoms with Crippen molar-refractivity contribution < 1.29 is 4.79 Å². The van der Waals surface area contributed by atoms with Crippen LogP contribution in [0.1, 0.15) is 44.6 Å². The van der Waals surface area contributed by atoms with E-state index in [1.54, 1.807) is 0 Å². The highest BCUT2D eigenvalue weighted by molar-refractivity contribution is 5.85. The molecule has 4 heteroatoms. The first-order valence-electron chi connectivity index (χ1n) is 8.25. The van der Waals surface area contributed by atoms with Gasteiger partial charge in [0.2, 0.25) is 5.91 Å². The van der Waals surface area contributed by atoms with Crippen LogP contribution in [0, 0.1) is 5.92 Å². The molecule has 0 spiro atoms. The minimum atomic E-state index is -0.0113. The van der Waals surface area contributed by atoms with E-state index in [9.17, 15) is 4.79 Å². The van der Waals surface area contributed by atoms with Gasteiger partial charge in [-0.1, -0.05) is 44.2 Å². The SMILES string of the molecule is CC(C)C(C(=O)N1CCC2CCC(C1)N2)c1ccccc1.Cl. The fourth-order valence-corrected chi connectivity index (χ4v) is 3.81. The van der Waals surface area contributed by atoms with Crippen molar-refractivity contribution >= 4 is 18.3 Å². The van der Waals surface area contributed by atoms with Gasteiger partial charge in [-0.15, -0.1) is 12.4 Å². The molecule has 2 fully saturated rings. The highest BCUT2D eigenvalue weighted by Crippen LogP contribution is 2.29. The van der Waals surface area contributed by atoms with E-state index in [4.69, 9.17) is 0 Å². The lowest BCUT2D eigenvalue weighted by Crippen LogP contribution is -2.42. The predicted molar refractivity (Wildman–Crippen MR) is 92.4 cm³/mol. The number of rotatable bonds is 3. The summed E-state index contributed by atoms with van der Waals surface area (Å²) in [6.07, 6.45) is 3.59. The summed E-state index contributed by atoms with van der Waals surface area (Å²) in [5.74, 6) is 0.627. The maximum Gasteiger partial charge on any atom is 0.230 e. The monoisotopic (exact) mass is 322 g/mol. The van der Waals surface area contributed by atoms with Crippen LogP contribution in [0.5, 0.6) is 0 Å². The van der Waals surface area contributed by atoms with Crippen LogP contribution in [-0.2, 0) is 4.79 Å². The lowest BCUT2D eigenvalue weighted by atomic mass is 9.87. The molecule has 122 valence electrons. The van der Waals surface area contributed by atoms with E-state index in [2.05, 4.69) is 36.2 Å². The van der Waals surface area contributed by atoms with Crippen LogP contribution in [0.25, 0.3) is 0 Å². The minimum absolute atomic E-state index is 0. The Morgan fingerprint density at radius 3 is 2.50 bits per heavy atom. The molecule has 3 atom stereocenters. The van der Waals surface area contributed by atoms with Crippen LogP contribution < -0.4 is 5.32 Å². The third-order valence-electron chi connectivity index (χ3n) is 4.93. The second-order valence-corrected chi connectivity index (χ2v) is 6.84. The van der Waals surface area contributed by atoms with E-state index in [-0.39, 0.29) is 18.3 Å². The summed E-state index contributed by atoms with van der Waals surface area (Å²) in [6.45, 7) is 6.09. The standard InChI is InChI=1S/C18H26N2O.ClH/c1-13(2)17(14-6-4-3-5-7-14)18(21)20-11-10-15-8-9-16(12-20)19-15;/h3-7,13,15-17,19H,8-12H2,1-2H3;1H. The van der Waals surface area contributed by atoms with Crippen molar-refractivity contribution in [2.75, 3.05) is 13.1 Å². The summed E-state index contributed by atoms with van der Waals surface area (Å²) in [7, 11) is 0. The zero-order chi connectivity index (χ0) is 14.8. The van der Waals surface area contributed by atoms with Crippen LogP contribution in [0.3, 0.4) is 0 Å². The van der Waals surface area contributed by atoms with Gasteiger partial charge in [0.15, 0.2) is 0 Å². The van der Waals surface area contributed by atoms with Crippen molar-refractivity contribution in [2.45, 2.75) is 51.1 Å². The summed E-state index contributed by atoms with van der Waals surface area (Å²) in [5, 5.41) is 3.65. The molecule has 3 nitrogen and oxygen atoms in total. The van der Waals surface area contributed by atoms with E-state index in [0.29, 0.717) is 23.9 Å². The van der Waals surface area contributed by atoms with Crippen molar-refractivity contribution in [3.63, 3.8) is 0 Å². The molecule has 3 unspecified atom stereocenters. The van der Waals surface area contributed by atoms with Gasteiger partial charge < -0.3 is 10.2 Å². The van der Waals surface area contributed by atoms with E-state index in [0.717, 1.165) is 25.1 Å². The van der Waals surface area contributed by atoms with Gasteiger partial charge in [0, 0.05) is 25.2 Å². The van der Waals surface area contributed by atoms with E-state index < -0.39 is 0 Å². The molecule has 22 heavy (non-hydrogen) atoms. The number of hydrogen-bond donors (Lipinski definition) is 1. The Hall–Kier alpha value is -1.06. The second kappa shape index (κ2) is 7.47. The largest absolute Gasteiger partial charge is 0.341 e. The normalized spacial score (nSPS) is 25.5. The second-order valence-electron chi connectivity index (χ2n) is 6.84. The molecule has 2 aliphatic rings. The summed E-state index contributed by atoms with van der Waals surface area (Å²) >= 11 is 0. The molecule has 2 saturated heterocycles. The Kier molecular flexibility index (Phi) is 5.87. The first kappa shape index (κ1) is 17.3. The molecule has 1 aromatic rings. The van der Waals surface area contributed by atoms with Crippen LogP contribution in [0.15, 0.2) is 30.3 Å². The highest BCUT2D eigenvalue weighted by atomic mass is 35.5.